The summed E-state index contributed by atoms with van der Waals surface area (Å²) < 4.78 is 0. The van der Waals surface area contributed by atoms with Crippen molar-refractivity contribution in [1.29, 1.82) is 0 Å². The average Bonchev–Trinajstić information content (AvgIpc) is 3.79. The number of hydrogen-bond donors (Lipinski definition) is 0. The van der Waals surface area contributed by atoms with Gasteiger partial charge in [0.1, 0.15) is 0 Å². The van der Waals surface area contributed by atoms with Crippen molar-refractivity contribution in [3.63, 3.8) is 0 Å². The van der Waals surface area contributed by atoms with E-state index in [9.17, 15) is 0 Å². The fourth-order valence-electron chi connectivity index (χ4n) is 13.2. The van der Waals surface area contributed by atoms with Crippen LogP contribution >= 0.6 is 0 Å². The molecule has 4 aliphatic carbocycles. The van der Waals surface area contributed by atoms with Crippen molar-refractivity contribution in [3.05, 3.63) is 76.9 Å². The third-order valence-corrected chi connectivity index (χ3v) is 13.9. The molecule has 12 aromatic carbocycles. The normalized spacial score (nSPS) is 24.9. The molecule has 0 bridgehead atoms. The van der Waals surface area contributed by atoms with E-state index < -0.39 is 0 Å². The summed E-state index contributed by atoms with van der Waals surface area (Å²) in [6.07, 6.45) is 3.85. The molecule has 0 spiro atoms. The monoisotopic (exact) mass is 508 g/mol. The van der Waals surface area contributed by atoms with Gasteiger partial charge in [-0.3, -0.25) is 0 Å². The lowest BCUT2D eigenvalue weighted by Gasteiger charge is -2.45. The highest BCUT2D eigenvalue weighted by Gasteiger charge is 2.59. The Balaban J connectivity index is 1.51. The Morgan fingerprint density at radius 2 is 0.976 bits per heavy atom. The van der Waals surface area contributed by atoms with Crippen molar-refractivity contribution < 1.29 is 0 Å². The Kier molecular flexibility index (Phi) is 1.81. The molecule has 0 heteroatoms. The van der Waals surface area contributed by atoms with Gasteiger partial charge in [-0.1, -0.05) is 61.5 Å². The van der Waals surface area contributed by atoms with Crippen LogP contribution in [-0.4, -0.2) is 0 Å². The molecular formula is C41H16. The van der Waals surface area contributed by atoms with Crippen LogP contribution in [0.5, 0.6) is 0 Å². The number of rotatable bonds is 0. The van der Waals surface area contributed by atoms with Crippen LogP contribution in [0.15, 0.2) is 54.6 Å². The summed E-state index contributed by atoms with van der Waals surface area (Å²) in [6, 6.07) is 20.0. The molecule has 0 amide bonds. The highest BCUT2D eigenvalue weighted by molar-refractivity contribution is 6.64. The molecule has 0 aromatic heterocycles. The standard InChI is InChI=1S/C41H16/c1-41-21-11-10-19-18-7-6-15-14-3-2-12-13-4-5-16-17-8-9-20(21)29-28(17)32-25(16)24(13)30-22(12)23(14)31-26(15)27(18)37(39(19)41)36-34(31)33(30)35(32)38(36)40(29)41/h2-9,11,19,39H,10H2,1H3. The van der Waals surface area contributed by atoms with Crippen LogP contribution in [0.25, 0.3) is 124 Å². The highest BCUT2D eigenvalue weighted by Crippen LogP contribution is 2.76. The molecule has 0 radical (unpaired) electrons. The van der Waals surface area contributed by atoms with Crippen LogP contribution in [0.3, 0.4) is 0 Å². The van der Waals surface area contributed by atoms with Gasteiger partial charge in [0.15, 0.2) is 0 Å². The van der Waals surface area contributed by atoms with Crippen molar-refractivity contribution in [2.75, 3.05) is 0 Å². The minimum absolute atomic E-state index is 0.0458. The minimum atomic E-state index is 0.0458. The van der Waals surface area contributed by atoms with E-state index in [4.69, 9.17) is 0 Å². The van der Waals surface area contributed by atoms with Gasteiger partial charge in [0, 0.05) is 11.3 Å². The molecule has 41 heavy (non-hydrogen) atoms. The predicted molar refractivity (Wildman–Crippen MR) is 174 cm³/mol. The Bertz CT molecular complexity index is 3330. The summed E-state index contributed by atoms with van der Waals surface area (Å²) in [5.74, 6) is 1.12. The maximum absolute atomic E-state index is 2.68. The van der Waals surface area contributed by atoms with Crippen molar-refractivity contribution >= 4 is 124 Å². The Morgan fingerprint density at radius 1 is 0.488 bits per heavy atom. The fraction of sp³-hybridized carbons (Fsp3) is 0.122. The zero-order valence-corrected chi connectivity index (χ0v) is 22.1. The van der Waals surface area contributed by atoms with Crippen LogP contribution in [0.4, 0.5) is 0 Å². The summed E-state index contributed by atoms with van der Waals surface area (Å²) in [6.45, 7) is 2.66. The second-order valence-electron chi connectivity index (χ2n) is 14.6. The van der Waals surface area contributed by atoms with E-state index in [-0.39, 0.29) is 5.41 Å². The van der Waals surface area contributed by atoms with Crippen LogP contribution in [0, 0.1) is 0 Å². The van der Waals surface area contributed by atoms with E-state index in [1.54, 1.807) is 114 Å². The number of hydrogen-bond acceptors (Lipinski definition) is 0. The summed E-state index contributed by atoms with van der Waals surface area (Å²) in [7, 11) is 0. The highest BCUT2D eigenvalue weighted by atomic mass is 14.6. The molecule has 16 rings (SSSR count). The molecule has 0 aliphatic heterocycles. The number of allylic oxidation sites excluding steroid dienone is 2. The zero-order chi connectivity index (χ0) is 25.3. The second-order valence-corrected chi connectivity index (χ2v) is 14.6. The van der Waals surface area contributed by atoms with Crippen molar-refractivity contribution in [3.8, 4) is 0 Å². The lowest BCUT2D eigenvalue weighted by atomic mass is 9.57. The Hall–Kier alpha value is -4.68. The molecule has 0 heterocycles. The van der Waals surface area contributed by atoms with Crippen molar-refractivity contribution in [1.82, 2.24) is 0 Å². The van der Waals surface area contributed by atoms with Gasteiger partial charge in [0.05, 0.1) is 0 Å². The van der Waals surface area contributed by atoms with E-state index in [1.165, 1.54) is 38.7 Å². The maximum Gasteiger partial charge on any atom is 0.0265 e. The predicted octanol–water partition coefficient (Wildman–Crippen LogP) is 11.1. The van der Waals surface area contributed by atoms with Gasteiger partial charge >= 0.3 is 0 Å². The zero-order valence-electron chi connectivity index (χ0n) is 22.1. The van der Waals surface area contributed by atoms with E-state index >= 15 is 0 Å². The quantitative estimate of drug-likeness (QED) is 0.179. The lowest BCUT2D eigenvalue weighted by molar-refractivity contribution is 0.409. The van der Waals surface area contributed by atoms with E-state index in [0.29, 0.717) is 11.8 Å². The minimum Gasteiger partial charge on any atom is -0.0791 e. The van der Waals surface area contributed by atoms with Crippen LogP contribution in [-0.2, 0) is 5.41 Å². The fourth-order valence-corrected chi connectivity index (χ4v) is 13.2. The molecule has 0 saturated carbocycles. The molecular weight excluding hydrogens is 492 g/mol. The SMILES string of the molecule is CC12C3=CCC4c5ccc6c7ccc8c9ccc%10c%11ccc3c3c1c1c%12c(c5c6c5c7c8c6c9c%10c(c3%11)c1c6c%125)C42. The largest absolute Gasteiger partial charge is 0.0791 e. The molecule has 0 nitrogen and oxygen atoms in total. The molecule has 0 fully saturated rings. The van der Waals surface area contributed by atoms with Gasteiger partial charge in [-0.2, -0.15) is 0 Å². The lowest BCUT2D eigenvalue weighted by Crippen LogP contribution is -2.35. The molecule has 0 N–H and O–H groups in total. The third-order valence-electron chi connectivity index (χ3n) is 13.9. The van der Waals surface area contributed by atoms with Crippen molar-refractivity contribution in [2.24, 2.45) is 0 Å². The van der Waals surface area contributed by atoms with Gasteiger partial charge in [0.2, 0.25) is 0 Å². The van der Waals surface area contributed by atoms with Crippen LogP contribution < -0.4 is 0 Å². The number of benzene rings is 8. The topological polar surface area (TPSA) is 0 Å². The Labute approximate surface area is 231 Å². The van der Waals surface area contributed by atoms with E-state index in [0.717, 1.165) is 0 Å². The van der Waals surface area contributed by atoms with Crippen molar-refractivity contribution in [2.45, 2.75) is 30.6 Å². The average molecular weight is 509 g/mol. The summed E-state index contributed by atoms with van der Waals surface area (Å²) >= 11 is 0. The first-order valence-electron chi connectivity index (χ1n) is 15.4. The third kappa shape index (κ3) is 1.13. The maximum atomic E-state index is 2.68. The molecule has 0 saturated heterocycles. The molecule has 180 valence electrons. The van der Waals surface area contributed by atoms with Gasteiger partial charge in [-0.25, -0.2) is 0 Å². The molecule has 4 aliphatic rings. The number of fused-ring (bicyclic) bond motifs is 5. The van der Waals surface area contributed by atoms with Gasteiger partial charge in [-0.05, 0) is 159 Å². The Morgan fingerprint density at radius 3 is 1.63 bits per heavy atom. The first-order valence-corrected chi connectivity index (χ1v) is 15.4. The molecule has 3 atom stereocenters. The van der Waals surface area contributed by atoms with Gasteiger partial charge < -0.3 is 0 Å². The van der Waals surface area contributed by atoms with Gasteiger partial charge in [-0.15, -0.1) is 0 Å². The summed E-state index contributed by atoms with van der Waals surface area (Å²) in [5, 5.41) is 34.5. The van der Waals surface area contributed by atoms with E-state index in [2.05, 4.69) is 61.5 Å². The summed E-state index contributed by atoms with van der Waals surface area (Å²) in [5.41, 5.74) is 8.30. The second kappa shape index (κ2) is 4.30. The van der Waals surface area contributed by atoms with Gasteiger partial charge in [0.25, 0.3) is 0 Å². The first kappa shape index (κ1) is 17.2. The molecule has 12 aromatic rings. The first-order chi connectivity index (χ1) is 20.3. The molecule has 3 unspecified atom stereocenters. The summed E-state index contributed by atoms with van der Waals surface area (Å²) in [4.78, 5) is 0. The smallest absolute Gasteiger partial charge is 0.0265 e. The van der Waals surface area contributed by atoms with Crippen LogP contribution in [0.1, 0.15) is 47.4 Å². The van der Waals surface area contributed by atoms with E-state index in [1.807, 2.05) is 0 Å². The van der Waals surface area contributed by atoms with Crippen LogP contribution in [0.2, 0.25) is 0 Å².